The van der Waals surface area contributed by atoms with E-state index in [9.17, 15) is 14.9 Å². The summed E-state index contributed by atoms with van der Waals surface area (Å²) in [6.07, 6.45) is 0. The zero-order valence-electron chi connectivity index (χ0n) is 16.0. The molecule has 4 rings (SSSR count). The van der Waals surface area contributed by atoms with Crippen LogP contribution in [0.15, 0.2) is 64.2 Å². The van der Waals surface area contributed by atoms with Crippen molar-refractivity contribution in [1.82, 2.24) is 14.5 Å². The number of aromatic nitrogens is 3. The van der Waals surface area contributed by atoms with Crippen LogP contribution < -0.4 is 21.7 Å². The summed E-state index contributed by atoms with van der Waals surface area (Å²) >= 11 is 0. The van der Waals surface area contributed by atoms with Gasteiger partial charge in [0.1, 0.15) is 23.2 Å². The molecule has 4 aromatic rings. The van der Waals surface area contributed by atoms with E-state index in [4.69, 9.17) is 10.5 Å². The van der Waals surface area contributed by atoms with Crippen molar-refractivity contribution in [2.24, 2.45) is 0 Å². The molecule has 2 aromatic heterocycles. The zero-order valence-corrected chi connectivity index (χ0v) is 16.0. The Morgan fingerprint density at radius 2 is 1.83 bits per heavy atom. The molecule has 0 saturated heterocycles. The average molecular weight is 399 g/mol. The number of aromatic amines is 1. The molecular formula is C22H17N5O3. The van der Waals surface area contributed by atoms with E-state index in [0.717, 1.165) is 5.56 Å². The van der Waals surface area contributed by atoms with Crippen LogP contribution in [0, 0.1) is 11.3 Å². The molecule has 0 amide bonds. The fourth-order valence-electron chi connectivity index (χ4n) is 3.40. The molecule has 8 heteroatoms. The van der Waals surface area contributed by atoms with E-state index in [1.807, 2.05) is 36.4 Å². The van der Waals surface area contributed by atoms with Gasteiger partial charge in [-0.15, -0.1) is 0 Å². The molecule has 0 radical (unpaired) electrons. The number of nitrogens with zero attached hydrogens (tertiary/aromatic N) is 3. The van der Waals surface area contributed by atoms with Crippen LogP contribution in [0.2, 0.25) is 0 Å². The first-order valence-electron chi connectivity index (χ1n) is 9.08. The highest BCUT2D eigenvalue weighted by Crippen LogP contribution is 2.32. The molecule has 0 atom stereocenters. The van der Waals surface area contributed by atoms with Gasteiger partial charge in [-0.2, -0.15) is 5.26 Å². The standard InChI is InChI=1S/C22H17N5O3/c1-30-15-9-7-14(8-10-15)17-16(11-23)19(24)25-20-18(17)21(28)26-22(29)27(20)12-13-5-3-2-4-6-13/h2-10H,12H2,1H3,(H2,24,25)(H,26,28,29). The number of fused-ring (bicyclic) bond motifs is 1. The molecule has 0 spiro atoms. The minimum absolute atomic E-state index is 0.0531. The number of rotatable bonds is 4. The van der Waals surface area contributed by atoms with E-state index in [1.165, 1.54) is 4.57 Å². The normalized spacial score (nSPS) is 10.7. The lowest BCUT2D eigenvalue weighted by molar-refractivity contribution is 0.415. The highest BCUT2D eigenvalue weighted by Gasteiger charge is 2.21. The van der Waals surface area contributed by atoms with E-state index in [2.05, 4.69) is 9.97 Å². The Balaban J connectivity index is 2.08. The summed E-state index contributed by atoms with van der Waals surface area (Å²) in [5.74, 6) is 0.570. The van der Waals surface area contributed by atoms with E-state index in [-0.39, 0.29) is 29.0 Å². The first kappa shape index (κ1) is 19.0. The predicted molar refractivity (Wildman–Crippen MR) is 113 cm³/mol. The number of ether oxygens (including phenoxy) is 1. The molecule has 0 bridgehead atoms. The van der Waals surface area contributed by atoms with Gasteiger partial charge >= 0.3 is 5.69 Å². The lowest BCUT2D eigenvalue weighted by Crippen LogP contribution is -2.32. The van der Waals surface area contributed by atoms with Crippen LogP contribution in [0.3, 0.4) is 0 Å². The van der Waals surface area contributed by atoms with Crippen LogP contribution in [0.5, 0.6) is 5.75 Å². The van der Waals surface area contributed by atoms with Crippen LogP contribution >= 0.6 is 0 Å². The number of benzene rings is 2. The van der Waals surface area contributed by atoms with Crippen molar-refractivity contribution in [3.63, 3.8) is 0 Å². The fourth-order valence-corrected chi connectivity index (χ4v) is 3.40. The van der Waals surface area contributed by atoms with Gasteiger partial charge in [-0.25, -0.2) is 9.78 Å². The Kier molecular flexibility index (Phi) is 4.78. The van der Waals surface area contributed by atoms with Crippen molar-refractivity contribution in [2.45, 2.75) is 6.54 Å². The van der Waals surface area contributed by atoms with Crippen molar-refractivity contribution in [2.75, 3.05) is 12.8 Å². The number of methoxy groups -OCH3 is 1. The number of nitriles is 1. The molecule has 0 unspecified atom stereocenters. The second-order valence-corrected chi connectivity index (χ2v) is 6.62. The third kappa shape index (κ3) is 3.18. The van der Waals surface area contributed by atoms with E-state index >= 15 is 0 Å². The summed E-state index contributed by atoms with van der Waals surface area (Å²) in [6, 6.07) is 18.2. The number of nitrogens with one attached hydrogen (secondary N) is 1. The highest BCUT2D eigenvalue weighted by atomic mass is 16.5. The molecule has 0 saturated carbocycles. The first-order valence-corrected chi connectivity index (χ1v) is 9.08. The molecular weight excluding hydrogens is 382 g/mol. The van der Waals surface area contributed by atoms with Gasteiger partial charge in [-0.3, -0.25) is 14.3 Å². The largest absolute Gasteiger partial charge is 0.497 e. The van der Waals surface area contributed by atoms with Gasteiger partial charge in [0.2, 0.25) is 0 Å². The summed E-state index contributed by atoms with van der Waals surface area (Å²) in [4.78, 5) is 32.0. The Bertz CT molecular complexity index is 1400. The third-order valence-corrected chi connectivity index (χ3v) is 4.83. The van der Waals surface area contributed by atoms with Crippen LogP contribution in [-0.4, -0.2) is 21.6 Å². The maximum atomic E-state index is 12.8. The van der Waals surface area contributed by atoms with Crippen molar-refractivity contribution in [3.05, 3.63) is 86.6 Å². The number of pyridine rings is 1. The number of hydrogen-bond donors (Lipinski definition) is 2. The van der Waals surface area contributed by atoms with Gasteiger partial charge in [0, 0.05) is 5.56 Å². The van der Waals surface area contributed by atoms with Crippen molar-refractivity contribution < 1.29 is 4.74 Å². The summed E-state index contributed by atoms with van der Waals surface area (Å²) in [7, 11) is 1.54. The van der Waals surface area contributed by atoms with Gasteiger partial charge < -0.3 is 10.5 Å². The maximum absolute atomic E-state index is 12.8. The number of hydrogen-bond acceptors (Lipinski definition) is 6. The second kappa shape index (κ2) is 7.56. The lowest BCUT2D eigenvalue weighted by atomic mass is 9.98. The lowest BCUT2D eigenvalue weighted by Gasteiger charge is -2.14. The molecule has 3 N–H and O–H groups in total. The molecule has 0 aliphatic heterocycles. The van der Waals surface area contributed by atoms with E-state index < -0.39 is 11.2 Å². The summed E-state index contributed by atoms with van der Waals surface area (Å²) < 4.78 is 6.53. The first-order chi connectivity index (χ1) is 14.5. The predicted octanol–water partition coefficient (Wildman–Crippen LogP) is 2.26. The molecule has 2 heterocycles. The molecule has 148 valence electrons. The minimum Gasteiger partial charge on any atom is -0.497 e. The monoisotopic (exact) mass is 399 g/mol. The number of nitrogens with two attached hydrogens (primary N) is 1. The molecule has 2 aromatic carbocycles. The van der Waals surface area contributed by atoms with E-state index in [1.54, 1.807) is 31.4 Å². The highest BCUT2D eigenvalue weighted by molar-refractivity contribution is 5.97. The zero-order chi connectivity index (χ0) is 21.3. The SMILES string of the molecule is COc1ccc(-c2c(C#N)c(N)nc3c2c(=O)[nH]c(=O)n3Cc2ccccc2)cc1. The van der Waals surface area contributed by atoms with Crippen LogP contribution in [-0.2, 0) is 6.54 Å². The van der Waals surface area contributed by atoms with E-state index in [0.29, 0.717) is 16.9 Å². The Morgan fingerprint density at radius 3 is 2.47 bits per heavy atom. The number of anilines is 1. The number of nitrogen functional groups attached to an aromatic ring is 1. The second-order valence-electron chi connectivity index (χ2n) is 6.62. The van der Waals surface area contributed by atoms with Crippen LogP contribution in [0.1, 0.15) is 11.1 Å². The fraction of sp³-hybridized carbons (Fsp3) is 0.0909. The molecule has 0 fully saturated rings. The molecule has 8 nitrogen and oxygen atoms in total. The van der Waals surface area contributed by atoms with Gasteiger partial charge in [0.25, 0.3) is 5.56 Å². The molecule has 0 aliphatic rings. The smallest absolute Gasteiger partial charge is 0.330 e. The Morgan fingerprint density at radius 1 is 1.13 bits per heavy atom. The van der Waals surface area contributed by atoms with Gasteiger partial charge in [0.15, 0.2) is 5.65 Å². The summed E-state index contributed by atoms with van der Waals surface area (Å²) in [5, 5.41) is 9.82. The Hall–Kier alpha value is -4.38. The van der Waals surface area contributed by atoms with Crippen LogP contribution in [0.25, 0.3) is 22.2 Å². The average Bonchev–Trinajstić information content (AvgIpc) is 2.76. The number of H-pyrrole nitrogens is 1. The molecule has 30 heavy (non-hydrogen) atoms. The van der Waals surface area contributed by atoms with Crippen molar-refractivity contribution in [1.29, 1.82) is 5.26 Å². The quantitative estimate of drug-likeness (QED) is 0.542. The van der Waals surface area contributed by atoms with Crippen molar-refractivity contribution >= 4 is 16.9 Å². The molecule has 0 aliphatic carbocycles. The van der Waals surface area contributed by atoms with Gasteiger partial charge in [-0.05, 0) is 23.3 Å². The third-order valence-electron chi connectivity index (χ3n) is 4.83. The Labute approximate surface area is 170 Å². The maximum Gasteiger partial charge on any atom is 0.330 e. The van der Waals surface area contributed by atoms with Gasteiger partial charge in [-0.1, -0.05) is 42.5 Å². The summed E-state index contributed by atoms with van der Waals surface area (Å²) in [5.41, 5.74) is 6.79. The van der Waals surface area contributed by atoms with Gasteiger partial charge in [0.05, 0.1) is 19.0 Å². The van der Waals surface area contributed by atoms with Crippen LogP contribution in [0.4, 0.5) is 5.82 Å². The summed E-state index contributed by atoms with van der Waals surface area (Å²) in [6.45, 7) is 0.188. The topological polar surface area (TPSA) is 127 Å². The van der Waals surface area contributed by atoms with Crippen molar-refractivity contribution in [3.8, 4) is 22.9 Å². The minimum atomic E-state index is -0.630.